The standard InChI is InChI=1S/C18H20ClFN6O6S2/c1-18(14(27)22-34(30,31)23(2)3)8-12(21-32-18)9-6-13(11(20)7-10(9)19)26-15(28)24(4)17(33)25(5)16(26)29/h6-7H,8H2,1-5H3,(H,22,27). The van der Waals surface area contributed by atoms with Crippen LogP contribution in [0.25, 0.3) is 5.69 Å². The second kappa shape index (κ2) is 8.72. The van der Waals surface area contributed by atoms with Crippen molar-refractivity contribution in [1.82, 2.24) is 22.7 Å². The van der Waals surface area contributed by atoms with Crippen LogP contribution in [0.3, 0.4) is 0 Å². The van der Waals surface area contributed by atoms with Gasteiger partial charge in [-0.05, 0) is 31.3 Å². The summed E-state index contributed by atoms with van der Waals surface area (Å²) in [5, 5.41) is 3.69. The summed E-state index contributed by atoms with van der Waals surface area (Å²) in [5.41, 5.74) is -3.78. The van der Waals surface area contributed by atoms with Crippen LogP contribution in [0.1, 0.15) is 18.9 Å². The summed E-state index contributed by atoms with van der Waals surface area (Å²) in [6.07, 6.45) is -0.238. The van der Waals surface area contributed by atoms with Crippen molar-refractivity contribution < 1.29 is 22.4 Å². The normalized spacial score (nSPS) is 18.1. The molecule has 1 aliphatic heterocycles. The van der Waals surface area contributed by atoms with E-state index in [1.54, 1.807) is 0 Å². The number of benzene rings is 1. The van der Waals surface area contributed by atoms with E-state index in [9.17, 15) is 27.2 Å². The second-order valence-electron chi connectivity index (χ2n) is 7.84. The van der Waals surface area contributed by atoms with Crippen LogP contribution >= 0.6 is 23.8 Å². The average Bonchev–Trinajstić information content (AvgIpc) is 3.15. The van der Waals surface area contributed by atoms with Crippen molar-refractivity contribution in [2.75, 3.05) is 14.1 Å². The molecule has 34 heavy (non-hydrogen) atoms. The van der Waals surface area contributed by atoms with E-state index in [-0.39, 0.29) is 27.5 Å². The highest BCUT2D eigenvalue weighted by molar-refractivity contribution is 7.87. The molecular formula is C18H20ClFN6O6S2. The minimum Gasteiger partial charge on any atom is -0.379 e. The molecule has 3 rings (SSSR count). The molecule has 1 aromatic carbocycles. The lowest BCUT2D eigenvalue weighted by Gasteiger charge is -2.21. The molecule has 1 atom stereocenters. The smallest absolute Gasteiger partial charge is 0.338 e. The van der Waals surface area contributed by atoms with E-state index in [1.165, 1.54) is 35.1 Å². The highest BCUT2D eigenvalue weighted by Gasteiger charge is 2.44. The molecule has 2 aromatic rings. The molecule has 12 nitrogen and oxygen atoms in total. The van der Waals surface area contributed by atoms with Crippen molar-refractivity contribution in [3.8, 4) is 5.69 Å². The van der Waals surface area contributed by atoms with Crippen LogP contribution < -0.4 is 16.1 Å². The van der Waals surface area contributed by atoms with Gasteiger partial charge in [0.25, 0.3) is 5.91 Å². The number of aromatic nitrogens is 3. The quantitative estimate of drug-likeness (QED) is 0.541. The van der Waals surface area contributed by atoms with Gasteiger partial charge in [0, 0.05) is 40.2 Å². The van der Waals surface area contributed by atoms with E-state index < -0.39 is 44.6 Å². The minimum atomic E-state index is -4.09. The lowest BCUT2D eigenvalue weighted by atomic mass is 9.95. The number of rotatable bonds is 5. The fourth-order valence-electron chi connectivity index (χ4n) is 3.03. The van der Waals surface area contributed by atoms with Crippen LogP contribution in [0.5, 0.6) is 0 Å². The third kappa shape index (κ3) is 4.31. The Kier molecular flexibility index (Phi) is 6.60. The summed E-state index contributed by atoms with van der Waals surface area (Å²) >= 11 is 11.2. The lowest BCUT2D eigenvalue weighted by Crippen LogP contribution is -2.50. The number of carbonyl (C=O) groups excluding carboxylic acids is 1. The van der Waals surface area contributed by atoms with Gasteiger partial charge in [-0.15, -0.1) is 0 Å². The Labute approximate surface area is 203 Å². The first-order chi connectivity index (χ1) is 15.6. The summed E-state index contributed by atoms with van der Waals surface area (Å²) in [7, 11) is 1.04. The molecule has 1 amide bonds. The summed E-state index contributed by atoms with van der Waals surface area (Å²) < 4.78 is 44.0. The van der Waals surface area contributed by atoms with Crippen molar-refractivity contribution in [3.63, 3.8) is 0 Å². The first kappa shape index (κ1) is 25.7. The topological polar surface area (TPSA) is 137 Å². The molecule has 1 N–H and O–H groups in total. The maximum Gasteiger partial charge on any atom is 0.338 e. The van der Waals surface area contributed by atoms with Crippen LogP contribution in [0.2, 0.25) is 5.02 Å². The number of oxime groups is 1. The van der Waals surface area contributed by atoms with Gasteiger partial charge in [-0.3, -0.25) is 13.9 Å². The summed E-state index contributed by atoms with van der Waals surface area (Å²) in [6.45, 7) is 1.31. The number of amides is 1. The van der Waals surface area contributed by atoms with Crippen LogP contribution in [0.4, 0.5) is 4.39 Å². The molecule has 184 valence electrons. The number of nitrogens with one attached hydrogen (secondary N) is 1. The first-order valence-corrected chi connectivity index (χ1v) is 11.7. The second-order valence-corrected chi connectivity index (χ2v) is 10.5. The predicted molar refractivity (Wildman–Crippen MR) is 123 cm³/mol. The molecule has 1 unspecified atom stereocenters. The van der Waals surface area contributed by atoms with Crippen LogP contribution in [0.15, 0.2) is 26.9 Å². The number of carbonyl (C=O) groups is 1. The highest BCUT2D eigenvalue weighted by atomic mass is 35.5. The van der Waals surface area contributed by atoms with E-state index in [0.717, 1.165) is 25.6 Å². The van der Waals surface area contributed by atoms with Gasteiger partial charge in [0.15, 0.2) is 4.77 Å². The molecular weight excluding hydrogens is 515 g/mol. The zero-order valence-corrected chi connectivity index (χ0v) is 21.0. The number of halogens is 2. The number of hydrogen-bond acceptors (Lipinski definition) is 8. The molecule has 1 aromatic heterocycles. The maximum absolute atomic E-state index is 14.8. The van der Waals surface area contributed by atoms with Crippen molar-refractivity contribution >= 4 is 45.6 Å². The van der Waals surface area contributed by atoms with E-state index in [2.05, 4.69) is 5.16 Å². The molecule has 0 bridgehead atoms. The fraction of sp³-hybridized carbons (Fsp3) is 0.389. The van der Waals surface area contributed by atoms with Gasteiger partial charge in [0.1, 0.15) is 5.82 Å². The van der Waals surface area contributed by atoms with Crippen LogP contribution in [-0.2, 0) is 33.9 Å². The van der Waals surface area contributed by atoms with E-state index in [1.807, 2.05) is 4.72 Å². The van der Waals surface area contributed by atoms with Gasteiger partial charge in [-0.2, -0.15) is 12.7 Å². The van der Waals surface area contributed by atoms with E-state index in [4.69, 9.17) is 28.7 Å². The Morgan fingerprint density at radius 3 is 2.35 bits per heavy atom. The van der Waals surface area contributed by atoms with Gasteiger partial charge in [-0.25, -0.2) is 23.3 Å². The monoisotopic (exact) mass is 534 g/mol. The number of hydrogen-bond donors (Lipinski definition) is 1. The van der Waals surface area contributed by atoms with E-state index >= 15 is 0 Å². The minimum absolute atomic E-state index is 0.0659. The van der Waals surface area contributed by atoms with Gasteiger partial charge in [0.2, 0.25) is 5.60 Å². The molecule has 16 heteroatoms. The molecule has 0 fully saturated rings. The molecule has 0 spiro atoms. The molecule has 1 aliphatic rings. The zero-order chi connectivity index (χ0) is 25.7. The Bertz CT molecular complexity index is 1490. The van der Waals surface area contributed by atoms with Gasteiger partial charge in [0.05, 0.1) is 16.4 Å². The Balaban J connectivity index is 2.06. The van der Waals surface area contributed by atoms with Crippen molar-refractivity contribution in [2.45, 2.75) is 18.9 Å². The molecule has 2 heterocycles. The Morgan fingerprint density at radius 1 is 1.26 bits per heavy atom. The van der Waals surface area contributed by atoms with Gasteiger partial charge < -0.3 is 4.84 Å². The molecule has 0 saturated heterocycles. The largest absolute Gasteiger partial charge is 0.379 e. The van der Waals surface area contributed by atoms with Crippen LogP contribution in [0, 0.1) is 10.6 Å². The SMILES string of the molecule is CN(C)S(=O)(=O)NC(=O)C1(C)CC(c2cc(-n3c(=O)n(C)c(=S)n(C)c3=O)c(F)cc2Cl)=NO1. The maximum atomic E-state index is 14.8. The summed E-state index contributed by atoms with van der Waals surface area (Å²) in [6, 6.07) is 2.00. The molecule has 0 radical (unpaired) electrons. The zero-order valence-electron chi connectivity index (χ0n) is 18.6. The van der Waals surface area contributed by atoms with Crippen molar-refractivity contribution in [3.05, 3.63) is 54.3 Å². The summed E-state index contributed by atoms with van der Waals surface area (Å²) in [4.78, 5) is 43.2. The molecule has 0 saturated carbocycles. The first-order valence-electron chi connectivity index (χ1n) is 9.49. The van der Waals surface area contributed by atoms with Gasteiger partial charge in [-0.1, -0.05) is 16.8 Å². The fourth-order valence-corrected chi connectivity index (χ4v) is 4.08. The van der Waals surface area contributed by atoms with E-state index in [0.29, 0.717) is 4.57 Å². The average molecular weight is 535 g/mol. The number of nitrogens with zero attached hydrogens (tertiary/aromatic N) is 5. The van der Waals surface area contributed by atoms with Crippen molar-refractivity contribution in [2.24, 2.45) is 19.3 Å². The van der Waals surface area contributed by atoms with Crippen LogP contribution in [-0.4, -0.2) is 57.7 Å². The van der Waals surface area contributed by atoms with Crippen molar-refractivity contribution in [1.29, 1.82) is 0 Å². The van der Waals surface area contributed by atoms with Gasteiger partial charge >= 0.3 is 21.6 Å². The lowest BCUT2D eigenvalue weighted by molar-refractivity contribution is -0.139. The predicted octanol–water partition coefficient (Wildman–Crippen LogP) is 0.202. The third-order valence-corrected chi connectivity index (χ3v) is 7.43. The highest BCUT2D eigenvalue weighted by Crippen LogP contribution is 2.31. The molecule has 0 aliphatic carbocycles. The Hall–Kier alpha value is -2.88. The Morgan fingerprint density at radius 2 is 1.82 bits per heavy atom. The summed E-state index contributed by atoms with van der Waals surface area (Å²) in [5.74, 6) is -1.96. The third-order valence-electron chi connectivity index (χ3n) is 5.16.